The number of hydrogen-bond donors (Lipinski definition) is 0. The number of rotatable bonds is 4. The van der Waals surface area contributed by atoms with Gasteiger partial charge in [-0.2, -0.15) is 0 Å². The van der Waals surface area contributed by atoms with E-state index in [9.17, 15) is 0 Å². The molecule has 3 aliphatic carbocycles. The highest BCUT2D eigenvalue weighted by molar-refractivity contribution is 6.06. The fourth-order valence-electron chi connectivity index (χ4n) is 10.8. The van der Waals surface area contributed by atoms with E-state index in [-0.39, 0.29) is 11.3 Å². The van der Waals surface area contributed by atoms with Crippen molar-refractivity contribution in [3.05, 3.63) is 226 Å². The Balaban J connectivity index is 1.03. The van der Waals surface area contributed by atoms with Crippen molar-refractivity contribution < 1.29 is 0 Å². The van der Waals surface area contributed by atoms with E-state index < -0.39 is 0 Å². The summed E-state index contributed by atoms with van der Waals surface area (Å²) in [5.74, 6) is 0.0906. The second kappa shape index (κ2) is 11.8. The van der Waals surface area contributed by atoms with Crippen molar-refractivity contribution in [1.29, 1.82) is 0 Å². The molecule has 0 N–H and O–H groups in total. The third kappa shape index (κ3) is 4.53. The van der Waals surface area contributed by atoms with Gasteiger partial charge in [-0.25, -0.2) is 0 Å². The summed E-state index contributed by atoms with van der Waals surface area (Å²) in [6, 6.07) is 67.0. The summed E-state index contributed by atoms with van der Waals surface area (Å²) in [5, 5.41) is 5.22. The molecule has 0 saturated carbocycles. The van der Waals surface area contributed by atoms with Crippen molar-refractivity contribution in [1.82, 2.24) is 0 Å². The molecule has 0 saturated heterocycles. The topological polar surface area (TPSA) is 0 Å². The molecule has 9 aromatic rings. The lowest BCUT2D eigenvalue weighted by atomic mass is 9.78. The number of hydrogen-bond acceptors (Lipinski definition) is 0. The minimum atomic E-state index is -0.0627. The van der Waals surface area contributed by atoms with Crippen LogP contribution in [-0.2, 0) is 18.3 Å². The molecule has 0 aromatic heterocycles. The van der Waals surface area contributed by atoms with Crippen LogP contribution in [0.1, 0.15) is 69.8 Å². The molecule has 0 heterocycles. The first-order valence-electron chi connectivity index (χ1n) is 20.1. The molecular weight excluding hydrogens is 673 g/mol. The van der Waals surface area contributed by atoms with Crippen LogP contribution in [0.25, 0.3) is 66.1 Å². The third-order valence-electron chi connectivity index (χ3n) is 13.4. The highest BCUT2D eigenvalue weighted by atomic mass is 14.4. The molecule has 264 valence electrons. The molecule has 0 radical (unpaired) electrons. The van der Waals surface area contributed by atoms with Gasteiger partial charge in [-0.15, -0.1) is 0 Å². The van der Waals surface area contributed by atoms with Crippen LogP contribution in [0.3, 0.4) is 0 Å². The smallest absolute Gasteiger partial charge is 0.0340 e. The largest absolute Gasteiger partial charge is 0.0619 e. The van der Waals surface area contributed by atoms with Crippen LogP contribution in [0.2, 0.25) is 0 Å². The Morgan fingerprint density at radius 3 is 1.88 bits per heavy atom. The Kier molecular flexibility index (Phi) is 6.68. The van der Waals surface area contributed by atoms with Crippen LogP contribution < -0.4 is 0 Å². The molecule has 3 aliphatic rings. The zero-order valence-corrected chi connectivity index (χ0v) is 31.7. The molecule has 9 aromatic carbocycles. The minimum Gasteiger partial charge on any atom is -0.0619 e. The van der Waals surface area contributed by atoms with E-state index >= 15 is 0 Å². The van der Waals surface area contributed by atoms with Gasteiger partial charge in [0.05, 0.1) is 0 Å². The van der Waals surface area contributed by atoms with Gasteiger partial charge < -0.3 is 0 Å². The second-order valence-corrected chi connectivity index (χ2v) is 16.8. The van der Waals surface area contributed by atoms with E-state index in [1.807, 2.05) is 0 Å². The molecule has 0 amide bonds. The lowest BCUT2D eigenvalue weighted by molar-refractivity contribution is 0.659. The van der Waals surface area contributed by atoms with Crippen molar-refractivity contribution in [2.24, 2.45) is 0 Å². The monoisotopic (exact) mass is 712 g/mol. The zero-order valence-electron chi connectivity index (χ0n) is 31.7. The van der Waals surface area contributed by atoms with Gasteiger partial charge in [0.1, 0.15) is 0 Å². The highest BCUT2D eigenvalue weighted by Gasteiger charge is 2.36. The summed E-state index contributed by atoms with van der Waals surface area (Å²) in [7, 11) is 0. The average Bonchev–Trinajstić information content (AvgIpc) is 3.87. The quantitative estimate of drug-likeness (QED) is 0.159. The van der Waals surface area contributed by atoms with Gasteiger partial charge in [-0.3, -0.25) is 0 Å². The molecular formula is C56H40. The van der Waals surface area contributed by atoms with Crippen LogP contribution >= 0.6 is 0 Å². The van der Waals surface area contributed by atoms with Crippen molar-refractivity contribution in [3.8, 4) is 44.5 Å². The lowest BCUT2D eigenvalue weighted by Crippen LogP contribution is -2.15. The Bertz CT molecular complexity index is 3120. The highest BCUT2D eigenvalue weighted by Crippen LogP contribution is 2.52. The fraction of sp³-hybridized carbons (Fsp3) is 0.107. The van der Waals surface area contributed by atoms with E-state index in [0.717, 1.165) is 12.8 Å². The van der Waals surface area contributed by atoms with Crippen LogP contribution in [0.5, 0.6) is 0 Å². The van der Waals surface area contributed by atoms with E-state index in [4.69, 9.17) is 0 Å². The first kappa shape index (κ1) is 31.8. The maximum absolute atomic E-state index is 2.54. The standard InChI is InChI=1S/C56H40/c1-56(2)52-21-10-9-18-46(52)47-27-25-40(33-53(47)56)54(38-23-22-34-12-3-4-13-35(34)28-38)39-24-26-43-41(29-39)32-51-49(43)31-37-15-6-8-17-44(37)55(51)48-20-11-19-45-42-16-7-5-14-36(42)30-50(45)48/h3-29,31,33,54H,30,32H2,1-2H3. The summed E-state index contributed by atoms with van der Waals surface area (Å²) in [6.07, 6.45) is 1.90. The second-order valence-electron chi connectivity index (χ2n) is 16.8. The van der Waals surface area contributed by atoms with Crippen molar-refractivity contribution in [2.75, 3.05) is 0 Å². The van der Waals surface area contributed by atoms with E-state index in [1.54, 1.807) is 0 Å². The van der Waals surface area contributed by atoms with Crippen LogP contribution in [-0.4, -0.2) is 0 Å². The molecule has 12 rings (SSSR count). The third-order valence-corrected chi connectivity index (χ3v) is 13.4. The van der Waals surface area contributed by atoms with E-state index in [1.165, 1.54) is 116 Å². The van der Waals surface area contributed by atoms with Crippen LogP contribution in [0, 0.1) is 0 Å². The lowest BCUT2D eigenvalue weighted by Gasteiger charge is -2.25. The van der Waals surface area contributed by atoms with Crippen molar-refractivity contribution >= 4 is 21.5 Å². The summed E-state index contributed by atoms with van der Waals surface area (Å²) in [6.45, 7) is 4.78. The van der Waals surface area contributed by atoms with Gasteiger partial charge >= 0.3 is 0 Å². The molecule has 0 spiro atoms. The Hall–Kier alpha value is -6.50. The van der Waals surface area contributed by atoms with Gasteiger partial charge in [-0.05, 0) is 135 Å². The molecule has 1 unspecified atom stereocenters. The van der Waals surface area contributed by atoms with Crippen LogP contribution in [0.4, 0.5) is 0 Å². The summed E-state index contributed by atoms with van der Waals surface area (Å²) in [5.41, 5.74) is 23.6. The van der Waals surface area contributed by atoms with Crippen molar-refractivity contribution in [2.45, 2.75) is 38.0 Å². The predicted molar refractivity (Wildman–Crippen MR) is 235 cm³/mol. The summed E-state index contributed by atoms with van der Waals surface area (Å²) >= 11 is 0. The molecule has 0 heteroatoms. The summed E-state index contributed by atoms with van der Waals surface area (Å²) < 4.78 is 0. The van der Waals surface area contributed by atoms with E-state index in [2.05, 4.69) is 190 Å². The maximum Gasteiger partial charge on any atom is 0.0340 e. The van der Waals surface area contributed by atoms with Gasteiger partial charge in [0.2, 0.25) is 0 Å². The molecule has 56 heavy (non-hydrogen) atoms. The molecule has 0 aliphatic heterocycles. The summed E-state index contributed by atoms with van der Waals surface area (Å²) in [4.78, 5) is 0. The Labute approximate surface area is 328 Å². The fourth-order valence-corrected chi connectivity index (χ4v) is 10.8. The van der Waals surface area contributed by atoms with Gasteiger partial charge in [0, 0.05) is 11.3 Å². The van der Waals surface area contributed by atoms with E-state index in [0.29, 0.717) is 0 Å². The van der Waals surface area contributed by atoms with Crippen LogP contribution in [0.15, 0.2) is 176 Å². The Morgan fingerprint density at radius 2 is 0.982 bits per heavy atom. The number of fused-ring (bicyclic) bond motifs is 11. The molecule has 0 fully saturated rings. The number of benzene rings is 9. The van der Waals surface area contributed by atoms with Gasteiger partial charge in [0.25, 0.3) is 0 Å². The normalized spacial score (nSPS) is 14.5. The Morgan fingerprint density at radius 1 is 0.375 bits per heavy atom. The SMILES string of the molecule is CC1(C)c2ccccc2-c2ccc(C(c3ccc4c(c3)Cc3c-4cc4ccccc4c3-c3cccc4c3Cc3ccccc3-4)c3ccc4ccccc4c3)cc21. The predicted octanol–water partition coefficient (Wildman–Crippen LogP) is 14.3. The first-order chi connectivity index (χ1) is 27.5. The molecule has 0 bridgehead atoms. The minimum absolute atomic E-state index is 0.0627. The molecule has 1 atom stereocenters. The van der Waals surface area contributed by atoms with Gasteiger partial charge in [-0.1, -0.05) is 184 Å². The van der Waals surface area contributed by atoms with Crippen molar-refractivity contribution in [3.63, 3.8) is 0 Å². The average molecular weight is 713 g/mol. The molecule has 0 nitrogen and oxygen atoms in total. The first-order valence-corrected chi connectivity index (χ1v) is 20.1. The maximum atomic E-state index is 2.54. The zero-order chi connectivity index (χ0) is 37.1. The van der Waals surface area contributed by atoms with Gasteiger partial charge in [0.15, 0.2) is 0 Å².